The number of benzene rings is 1. The largest absolute Gasteiger partial charge is 0.508 e. The van der Waals surface area contributed by atoms with E-state index in [1.54, 1.807) is 19.9 Å². The van der Waals surface area contributed by atoms with Gasteiger partial charge in [-0.15, -0.1) is 0 Å². The summed E-state index contributed by atoms with van der Waals surface area (Å²) in [6.07, 6.45) is 0. The Kier molecular flexibility index (Phi) is 2.96. The van der Waals surface area contributed by atoms with Crippen LogP contribution in [0, 0.1) is 5.92 Å². The molecule has 1 amide bonds. The summed E-state index contributed by atoms with van der Waals surface area (Å²) in [5.74, 6) is -0.155. The Morgan fingerprint density at radius 2 is 2.14 bits per heavy atom. The zero-order valence-corrected chi connectivity index (χ0v) is 8.24. The van der Waals surface area contributed by atoms with Crippen molar-refractivity contribution in [3.8, 4) is 5.75 Å². The second kappa shape index (κ2) is 4.00. The minimum atomic E-state index is -0.123. The van der Waals surface area contributed by atoms with Gasteiger partial charge in [-0.1, -0.05) is 13.8 Å². The first-order valence-corrected chi connectivity index (χ1v) is 4.40. The summed E-state index contributed by atoms with van der Waals surface area (Å²) in [5.41, 5.74) is 6.50. The van der Waals surface area contributed by atoms with Crippen LogP contribution in [0.5, 0.6) is 5.75 Å². The minimum absolute atomic E-state index is 0.0817. The van der Waals surface area contributed by atoms with Gasteiger partial charge in [-0.25, -0.2) is 0 Å². The molecule has 0 spiro atoms. The maximum atomic E-state index is 11.3. The van der Waals surface area contributed by atoms with Crippen molar-refractivity contribution in [2.75, 3.05) is 11.1 Å². The number of phenolic OH excluding ortho intramolecular Hbond substituents is 1. The number of nitrogens with two attached hydrogens (primary N) is 1. The predicted octanol–water partition coefficient (Wildman–Crippen LogP) is 1.57. The van der Waals surface area contributed by atoms with Crippen LogP contribution in [-0.4, -0.2) is 11.0 Å². The fourth-order valence-corrected chi connectivity index (χ4v) is 0.930. The van der Waals surface area contributed by atoms with Crippen molar-refractivity contribution in [1.29, 1.82) is 0 Å². The van der Waals surface area contributed by atoms with E-state index < -0.39 is 0 Å². The highest BCUT2D eigenvalue weighted by Gasteiger charge is 2.09. The average molecular weight is 194 g/mol. The molecule has 1 rings (SSSR count). The van der Waals surface area contributed by atoms with Crippen molar-refractivity contribution in [1.82, 2.24) is 0 Å². The van der Waals surface area contributed by atoms with E-state index in [2.05, 4.69) is 5.32 Å². The molecule has 0 aromatic heterocycles. The van der Waals surface area contributed by atoms with E-state index in [0.29, 0.717) is 11.4 Å². The molecule has 0 aliphatic carbocycles. The summed E-state index contributed by atoms with van der Waals surface area (Å²) in [7, 11) is 0. The Bertz CT molecular complexity index is 348. The fraction of sp³-hybridized carbons (Fsp3) is 0.300. The quantitative estimate of drug-likeness (QED) is 0.494. The van der Waals surface area contributed by atoms with E-state index in [-0.39, 0.29) is 17.6 Å². The van der Waals surface area contributed by atoms with E-state index in [1.165, 1.54) is 12.1 Å². The summed E-state index contributed by atoms with van der Waals surface area (Å²) in [6.45, 7) is 3.57. The molecule has 4 nitrogen and oxygen atoms in total. The third-order valence-electron chi connectivity index (χ3n) is 1.82. The number of anilines is 2. The van der Waals surface area contributed by atoms with Crippen LogP contribution in [0.2, 0.25) is 0 Å². The molecule has 1 aromatic carbocycles. The van der Waals surface area contributed by atoms with Crippen LogP contribution < -0.4 is 11.1 Å². The number of hydrogen-bond acceptors (Lipinski definition) is 3. The van der Waals surface area contributed by atoms with Crippen molar-refractivity contribution < 1.29 is 9.90 Å². The molecule has 0 bridgehead atoms. The lowest BCUT2D eigenvalue weighted by Crippen LogP contribution is -2.18. The van der Waals surface area contributed by atoms with Crippen molar-refractivity contribution >= 4 is 17.3 Å². The molecule has 1 aromatic rings. The van der Waals surface area contributed by atoms with Crippen molar-refractivity contribution in [2.24, 2.45) is 5.92 Å². The third-order valence-corrected chi connectivity index (χ3v) is 1.82. The van der Waals surface area contributed by atoms with E-state index in [9.17, 15) is 9.90 Å². The molecule has 0 fully saturated rings. The predicted molar refractivity (Wildman–Crippen MR) is 56.0 cm³/mol. The second-order valence-corrected chi connectivity index (χ2v) is 3.42. The monoisotopic (exact) mass is 194 g/mol. The fourth-order valence-electron chi connectivity index (χ4n) is 0.930. The normalized spacial score (nSPS) is 10.2. The van der Waals surface area contributed by atoms with Crippen molar-refractivity contribution in [3.63, 3.8) is 0 Å². The maximum absolute atomic E-state index is 11.3. The summed E-state index contributed by atoms with van der Waals surface area (Å²) >= 11 is 0. The minimum Gasteiger partial charge on any atom is -0.508 e. The summed E-state index contributed by atoms with van der Waals surface area (Å²) in [6, 6.07) is 4.45. The van der Waals surface area contributed by atoms with Gasteiger partial charge in [0.15, 0.2) is 0 Å². The van der Waals surface area contributed by atoms with Gasteiger partial charge in [-0.2, -0.15) is 0 Å². The van der Waals surface area contributed by atoms with Gasteiger partial charge in [-0.05, 0) is 12.1 Å². The van der Waals surface area contributed by atoms with Crippen LogP contribution in [0.3, 0.4) is 0 Å². The Hall–Kier alpha value is -1.71. The van der Waals surface area contributed by atoms with Crippen LogP contribution in [0.25, 0.3) is 0 Å². The first kappa shape index (κ1) is 10.4. The Labute approximate surface area is 82.7 Å². The molecule has 0 saturated carbocycles. The lowest BCUT2D eigenvalue weighted by Gasteiger charge is -2.10. The molecular weight excluding hydrogens is 180 g/mol. The summed E-state index contributed by atoms with van der Waals surface area (Å²) in [5, 5.41) is 11.8. The van der Waals surface area contributed by atoms with Gasteiger partial charge < -0.3 is 16.2 Å². The van der Waals surface area contributed by atoms with Crippen molar-refractivity contribution in [2.45, 2.75) is 13.8 Å². The van der Waals surface area contributed by atoms with Gasteiger partial charge in [-0.3, -0.25) is 4.79 Å². The van der Waals surface area contributed by atoms with Gasteiger partial charge in [0.25, 0.3) is 0 Å². The van der Waals surface area contributed by atoms with Crippen LogP contribution in [-0.2, 0) is 4.79 Å². The number of carbonyl (C=O) groups excluding carboxylic acids is 1. The van der Waals surface area contributed by atoms with Crippen LogP contribution >= 0.6 is 0 Å². The molecule has 0 aliphatic heterocycles. The Balaban J connectivity index is 2.86. The number of amides is 1. The molecular formula is C10H14N2O2. The first-order chi connectivity index (χ1) is 6.50. The molecule has 0 aliphatic rings. The van der Waals surface area contributed by atoms with Gasteiger partial charge in [0.2, 0.25) is 5.91 Å². The molecule has 0 saturated heterocycles. The molecule has 0 heterocycles. The average Bonchev–Trinajstić information content (AvgIpc) is 2.11. The zero-order valence-electron chi connectivity index (χ0n) is 8.24. The number of nitrogens with one attached hydrogen (secondary N) is 1. The smallest absolute Gasteiger partial charge is 0.226 e. The first-order valence-electron chi connectivity index (χ1n) is 4.40. The Morgan fingerprint density at radius 1 is 1.50 bits per heavy atom. The maximum Gasteiger partial charge on any atom is 0.226 e. The third kappa shape index (κ3) is 2.39. The molecule has 0 atom stereocenters. The van der Waals surface area contributed by atoms with Crippen LogP contribution in [0.15, 0.2) is 18.2 Å². The number of hydrogen-bond donors (Lipinski definition) is 3. The lowest BCUT2D eigenvalue weighted by atomic mass is 10.2. The highest BCUT2D eigenvalue weighted by molar-refractivity contribution is 5.95. The van der Waals surface area contributed by atoms with E-state index in [4.69, 9.17) is 5.73 Å². The summed E-state index contributed by atoms with van der Waals surface area (Å²) in [4.78, 5) is 11.3. The van der Waals surface area contributed by atoms with Gasteiger partial charge >= 0.3 is 0 Å². The number of rotatable bonds is 2. The summed E-state index contributed by atoms with van der Waals surface area (Å²) < 4.78 is 0. The highest BCUT2D eigenvalue weighted by Crippen LogP contribution is 2.23. The molecule has 14 heavy (non-hydrogen) atoms. The molecule has 4 heteroatoms. The number of nitrogen functional groups attached to an aromatic ring is 1. The van der Waals surface area contributed by atoms with Crippen molar-refractivity contribution in [3.05, 3.63) is 18.2 Å². The van der Waals surface area contributed by atoms with E-state index in [0.717, 1.165) is 0 Å². The molecule has 4 N–H and O–H groups in total. The molecule has 0 radical (unpaired) electrons. The van der Waals surface area contributed by atoms with E-state index in [1.807, 2.05) is 0 Å². The number of phenols is 1. The molecule has 0 unspecified atom stereocenters. The topological polar surface area (TPSA) is 75.3 Å². The molecule has 76 valence electrons. The van der Waals surface area contributed by atoms with Crippen LogP contribution in [0.1, 0.15) is 13.8 Å². The Morgan fingerprint density at radius 3 is 2.71 bits per heavy atom. The SMILES string of the molecule is CC(C)C(=O)Nc1cc(O)ccc1N. The second-order valence-electron chi connectivity index (χ2n) is 3.42. The van der Waals surface area contributed by atoms with Gasteiger partial charge in [0.1, 0.15) is 5.75 Å². The number of carbonyl (C=O) groups is 1. The lowest BCUT2D eigenvalue weighted by molar-refractivity contribution is -0.118. The van der Waals surface area contributed by atoms with Gasteiger partial charge in [0, 0.05) is 12.0 Å². The number of aromatic hydroxyl groups is 1. The standard InChI is InChI=1S/C10H14N2O2/c1-6(2)10(14)12-9-5-7(13)3-4-8(9)11/h3-6,13H,11H2,1-2H3,(H,12,14). The van der Waals surface area contributed by atoms with E-state index >= 15 is 0 Å². The van der Waals surface area contributed by atoms with Gasteiger partial charge in [0.05, 0.1) is 11.4 Å². The van der Waals surface area contributed by atoms with Crippen LogP contribution in [0.4, 0.5) is 11.4 Å². The zero-order chi connectivity index (χ0) is 10.7. The highest BCUT2D eigenvalue weighted by atomic mass is 16.3.